The number of nitrogens with one attached hydrogen (secondary N) is 1. The molecule has 1 N–H and O–H groups in total. The molecule has 0 aliphatic rings. The largest absolute Gasteiger partial charge is 0.343 e. The number of aromatic amines is 1. The van der Waals surface area contributed by atoms with E-state index in [1.807, 2.05) is 0 Å². The Morgan fingerprint density at radius 1 is 1.42 bits per heavy atom. The Labute approximate surface area is 107 Å². The van der Waals surface area contributed by atoms with E-state index in [4.69, 9.17) is 0 Å². The molecule has 0 radical (unpaired) electrons. The van der Waals surface area contributed by atoms with Gasteiger partial charge in [-0.1, -0.05) is 0 Å². The summed E-state index contributed by atoms with van der Waals surface area (Å²) in [6.45, 7) is 0. The van der Waals surface area contributed by atoms with E-state index in [0.717, 1.165) is 0 Å². The molecule has 0 fully saturated rings. The molecular weight excluding hydrogens is 246 g/mol. The van der Waals surface area contributed by atoms with Crippen LogP contribution in [0, 0.1) is 0 Å². The van der Waals surface area contributed by atoms with Crippen molar-refractivity contribution in [1.29, 1.82) is 0 Å². The number of rotatable bonds is 1. The van der Waals surface area contributed by atoms with E-state index in [1.165, 1.54) is 15.5 Å². The van der Waals surface area contributed by atoms with E-state index in [1.54, 1.807) is 32.4 Å². The van der Waals surface area contributed by atoms with E-state index in [9.17, 15) is 9.59 Å². The van der Waals surface area contributed by atoms with E-state index < -0.39 is 0 Å². The normalized spacial score (nSPS) is 11.1. The van der Waals surface area contributed by atoms with Gasteiger partial charge in [-0.15, -0.1) is 0 Å². The maximum Gasteiger partial charge on any atom is 0.282 e. The fourth-order valence-corrected chi connectivity index (χ4v) is 1.87. The molecule has 0 unspecified atom stereocenters. The van der Waals surface area contributed by atoms with Crippen LogP contribution < -0.4 is 5.56 Å². The number of pyridine rings is 1. The van der Waals surface area contributed by atoms with Crippen LogP contribution in [0.2, 0.25) is 0 Å². The predicted molar refractivity (Wildman–Crippen MR) is 69.1 cm³/mol. The predicted octanol–water partition coefficient (Wildman–Crippen LogP) is 0.273. The Hall–Kier alpha value is -2.70. The van der Waals surface area contributed by atoms with E-state index in [-0.39, 0.29) is 11.5 Å². The van der Waals surface area contributed by atoms with Crippen molar-refractivity contribution in [1.82, 2.24) is 24.5 Å². The molecule has 0 spiro atoms. The summed E-state index contributed by atoms with van der Waals surface area (Å²) >= 11 is 0. The summed E-state index contributed by atoms with van der Waals surface area (Å²) in [5.74, 6) is -0.220. The summed E-state index contributed by atoms with van der Waals surface area (Å²) < 4.78 is 1.25. The van der Waals surface area contributed by atoms with Crippen LogP contribution in [0.5, 0.6) is 0 Å². The minimum Gasteiger partial charge on any atom is -0.343 e. The zero-order chi connectivity index (χ0) is 13.6. The van der Waals surface area contributed by atoms with Crippen LogP contribution in [0.3, 0.4) is 0 Å². The van der Waals surface area contributed by atoms with Gasteiger partial charge in [-0.3, -0.25) is 14.7 Å². The molecule has 0 saturated heterocycles. The van der Waals surface area contributed by atoms with Crippen LogP contribution in [0.25, 0.3) is 16.7 Å². The van der Waals surface area contributed by atoms with Gasteiger partial charge in [0.25, 0.3) is 11.5 Å². The number of nitrogens with zero attached hydrogens (tertiary/aromatic N) is 4. The van der Waals surface area contributed by atoms with Crippen molar-refractivity contribution in [2.45, 2.75) is 0 Å². The van der Waals surface area contributed by atoms with Gasteiger partial charge in [0.05, 0.1) is 5.39 Å². The molecule has 0 saturated carbocycles. The second-order valence-corrected chi connectivity index (χ2v) is 4.35. The number of fused-ring (bicyclic) bond motifs is 2. The van der Waals surface area contributed by atoms with E-state index >= 15 is 0 Å². The van der Waals surface area contributed by atoms with Gasteiger partial charge < -0.3 is 4.90 Å². The maximum absolute atomic E-state index is 12.2. The lowest BCUT2D eigenvalue weighted by Crippen LogP contribution is -2.23. The average Bonchev–Trinajstić information content (AvgIpc) is 2.82. The van der Waals surface area contributed by atoms with Crippen molar-refractivity contribution < 1.29 is 4.79 Å². The Balaban J connectivity index is 2.34. The van der Waals surface area contributed by atoms with Crippen molar-refractivity contribution in [2.75, 3.05) is 14.1 Å². The van der Waals surface area contributed by atoms with Crippen molar-refractivity contribution in [3.8, 4) is 0 Å². The minimum atomic E-state index is -0.272. The minimum absolute atomic E-state index is 0.220. The third-order valence-corrected chi connectivity index (χ3v) is 2.81. The Morgan fingerprint density at radius 3 is 2.95 bits per heavy atom. The zero-order valence-electron chi connectivity index (χ0n) is 10.4. The molecule has 0 atom stereocenters. The maximum atomic E-state index is 12.2. The standard InChI is InChI=1S/C12H11N5O2/c1-16(2)12(19)8-6-9-14-10-7(4-3-5-13-10)11(18)17(9)15-8/h3-6,15H,1-2H3. The van der Waals surface area contributed by atoms with Crippen molar-refractivity contribution >= 4 is 22.6 Å². The lowest BCUT2D eigenvalue weighted by Gasteiger charge is -2.06. The van der Waals surface area contributed by atoms with Crippen molar-refractivity contribution in [3.05, 3.63) is 40.4 Å². The fourth-order valence-electron chi connectivity index (χ4n) is 1.87. The summed E-state index contributed by atoms with van der Waals surface area (Å²) in [5.41, 5.74) is 0.785. The summed E-state index contributed by atoms with van der Waals surface area (Å²) in [6.07, 6.45) is 1.57. The molecule has 19 heavy (non-hydrogen) atoms. The molecule has 0 bridgehead atoms. The van der Waals surface area contributed by atoms with Crippen LogP contribution >= 0.6 is 0 Å². The Morgan fingerprint density at radius 2 is 2.21 bits per heavy atom. The number of aromatic nitrogens is 4. The van der Waals surface area contributed by atoms with Gasteiger partial charge in [0.2, 0.25) is 0 Å². The van der Waals surface area contributed by atoms with Gasteiger partial charge in [-0.25, -0.2) is 14.5 Å². The number of hydrogen-bond donors (Lipinski definition) is 1. The first kappa shape index (κ1) is 11.4. The summed E-state index contributed by atoms with van der Waals surface area (Å²) in [4.78, 5) is 33.8. The first-order chi connectivity index (χ1) is 9.08. The van der Waals surface area contributed by atoms with Crippen LogP contribution in [0.4, 0.5) is 0 Å². The third-order valence-electron chi connectivity index (χ3n) is 2.81. The zero-order valence-corrected chi connectivity index (χ0v) is 10.4. The molecule has 1 amide bonds. The van der Waals surface area contributed by atoms with E-state index in [0.29, 0.717) is 22.4 Å². The Kier molecular flexibility index (Phi) is 2.34. The number of H-pyrrole nitrogens is 1. The number of carbonyl (C=O) groups excluding carboxylic acids is 1. The van der Waals surface area contributed by atoms with Crippen LogP contribution in [-0.4, -0.2) is 44.5 Å². The van der Waals surface area contributed by atoms with Crippen molar-refractivity contribution in [2.24, 2.45) is 0 Å². The highest BCUT2D eigenvalue weighted by Crippen LogP contribution is 2.08. The molecule has 0 aliphatic carbocycles. The highest BCUT2D eigenvalue weighted by Gasteiger charge is 2.14. The average molecular weight is 257 g/mol. The topological polar surface area (TPSA) is 83.4 Å². The Bertz CT molecular complexity index is 846. The van der Waals surface area contributed by atoms with Crippen LogP contribution in [0.1, 0.15) is 10.5 Å². The second kappa shape index (κ2) is 3.91. The lowest BCUT2D eigenvalue weighted by atomic mass is 10.3. The quantitative estimate of drug-likeness (QED) is 0.678. The molecule has 96 valence electrons. The second-order valence-electron chi connectivity index (χ2n) is 4.35. The van der Waals surface area contributed by atoms with E-state index in [2.05, 4.69) is 15.1 Å². The SMILES string of the molecule is CN(C)C(=O)c1cc2nc3ncccc3c(=O)n2[nH]1. The van der Waals surface area contributed by atoms with Crippen molar-refractivity contribution in [3.63, 3.8) is 0 Å². The molecule has 3 aromatic heterocycles. The molecule has 3 aromatic rings. The van der Waals surface area contributed by atoms with Gasteiger partial charge in [0.1, 0.15) is 5.69 Å². The van der Waals surface area contributed by atoms with Gasteiger partial charge in [0.15, 0.2) is 11.3 Å². The lowest BCUT2D eigenvalue weighted by molar-refractivity contribution is 0.0821. The van der Waals surface area contributed by atoms with Crippen LogP contribution in [0.15, 0.2) is 29.2 Å². The molecule has 7 nitrogen and oxygen atoms in total. The molecule has 0 aliphatic heterocycles. The molecule has 3 heterocycles. The fraction of sp³-hybridized carbons (Fsp3) is 0.167. The smallest absolute Gasteiger partial charge is 0.282 e. The third kappa shape index (κ3) is 1.67. The van der Waals surface area contributed by atoms with Crippen LogP contribution in [-0.2, 0) is 0 Å². The summed E-state index contributed by atoms with van der Waals surface area (Å²) in [7, 11) is 3.28. The first-order valence-corrected chi connectivity index (χ1v) is 5.66. The van der Waals surface area contributed by atoms with Gasteiger partial charge in [-0.2, -0.15) is 0 Å². The van der Waals surface area contributed by atoms with Gasteiger partial charge in [-0.05, 0) is 12.1 Å². The van der Waals surface area contributed by atoms with Gasteiger partial charge in [0, 0.05) is 26.4 Å². The first-order valence-electron chi connectivity index (χ1n) is 5.66. The number of carbonyl (C=O) groups is 1. The monoisotopic (exact) mass is 257 g/mol. The highest BCUT2D eigenvalue weighted by atomic mass is 16.2. The number of amides is 1. The molecular formula is C12H11N5O2. The summed E-state index contributed by atoms with van der Waals surface area (Å²) in [5, 5.41) is 3.17. The molecule has 3 rings (SSSR count). The number of hydrogen-bond acceptors (Lipinski definition) is 4. The van der Waals surface area contributed by atoms with Gasteiger partial charge >= 0.3 is 0 Å². The summed E-state index contributed by atoms with van der Waals surface area (Å²) in [6, 6.07) is 4.86. The highest BCUT2D eigenvalue weighted by molar-refractivity contribution is 5.93. The molecule has 7 heteroatoms. The molecule has 0 aromatic carbocycles.